The van der Waals surface area contributed by atoms with Gasteiger partial charge in [0, 0.05) is 56.6 Å². The smallest absolute Gasteiger partial charge is 0.193 e. The molecule has 0 unspecified atom stereocenters. The fourth-order valence-electron chi connectivity index (χ4n) is 3.05. The van der Waals surface area contributed by atoms with Crippen LogP contribution >= 0.6 is 22.7 Å². The molecule has 4 nitrogen and oxygen atoms in total. The number of nitrogens with one attached hydrogen (secondary N) is 1. The zero-order valence-electron chi connectivity index (χ0n) is 14.5. The molecule has 1 N–H and O–H groups in total. The van der Waals surface area contributed by atoms with E-state index in [0.717, 1.165) is 38.6 Å². The summed E-state index contributed by atoms with van der Waals surface area (Å²) >= 11 is 3.72. The third-order valence-electron chi connectivity index (χ3n) is 4.44. The number of nitrogens with zero attached hydrogens (tertiary/aromatic N) is 3. The van der Waals surface area contributed by atoms with Crippen LogP contribution in [0.2, 0.25) is 0 Å². The minimum atomic E-state index is 0.940. The molecule has 0 radical (unpaired) electrons. The lowest BCUT2D eigenvalue weighted by Gasteiger charge is -2.28. The molecule has 0 atom stereocenters. The monoisotopic (exact) mass is 362 g/mol. The fraction of sp³-hybridized carbons (Fsp3) is 0.500. The molecule has 3 heterocycles. The van der Waals surface area contributed by atoms with Crippen molar-refractivity contribution in [3.8, 4) is 0 Å². The van der Waals surface area contributed by atoms with Crippen molar-refractivity contribution in [2.24, 2.45) is 4.99 Å². The minimum Gasteiger partial charge on any atom is -0.355 e. The molecule has 24 heavy (non-hydrogen) atoms. The predicted molar refractivity (Wildman–Crippen MR) is 105 cm³/mol. The highest BCUT2D eigenvalue weighted by Crippen LogP contribution is 2.23. The molecule has 0 saturated carbocycles. The van der Waals surface area contributed by atoms with Crippen molar-refractivity contribution in [3.63, 3.8) is 0 Å². The lowest BCUT2D eigenvalue weighted by molar-refractivity contribution is 0.259. The fourth-order valence-corrected chi connectivity index (χ4v) is 4.63. The summed E-state index contributed by atoms with van der Waals surface area (Å²) in [7, 11) is 3.98. The first-order valence-electron chi connectivity index (χ1n) is 8.48. The van der Waals surface area contributed by atoms with Gasteiger partial charge in [-0.1, -0.05) is 6.07 Å². The maximum Gasteiger partial charge on any atom is 0.193 e. The standard InChI is InChI=1S/C18H26N4S2/c1-19-18(21(2)9-5-16-4-3-12-23-16)20-8-11-22-10-6-17-15(14-22)7-13-24-17/h3-4,7,12-13H,5-6,8-11,14H2,1-2H3,(H,19,20). The Labute approximate surface area is 152 Å². The van der Waals surface area contributed by atoms with E-state index in [2.05, 4.69) is 56.1 Å². The van der Waals surface area contributed by atoms with Gasteiger partial charge in [0.1, 0.15) is 0 Å². The number of likely N-dealkylation sites (N-methyl/N-ethyl adjacent to an activating group) is 1. The molecule has 1 aliphatic heterocycles. The van der Waals surface area contributed by atoms with Crippen LogP contribution in [-0.2, 0) is 19.4 Å². The molecule has 3 rings (SSSR count). The van der Waals surface area contributed by atoms with E-state index >= 15 is 0 Å². The normalized spacial score (nSPS) is 15.3. The van der Waals surface area contributed by atoms with Crippen molar-refractivity contribution in [1.29, 1.82) is 0 Å². The summed E-state index contributed by atoms with van der Waals surface area (Å²) in [6, 6.07) is 6.59. The first-order chi connectivity index (χ1) is 11.8. The summed E-state index contributed by atoms with van der Waals surface area (Å²) in [5.41, 5.74) is 1.52. The van der Waals surface area contributed by atoms with Crippen LogP contribution in [0.3, 0.4) is 0 Å². The van der Waals surface area contributed by atoms with E-state index in [-0.39, 0.29) is 0 Å². The molecule has 6 heteroatoms. The van der Waals surface area contributed by atoms with E-state index in [1.165, 1.54) is 23.4 Å². The molecule has 2 aromatic rings. The minimum absolute atomic E-state index is 0.940. The van der Waals surface area contributed by atoms with E-state index in [0.29, 0.717) is 0 Å². The van der Waals surface area contributed by atoms with Gasteiger partial charge in [-0.25, -0.2) is 0 Å². The molecule has 0 saturated heterocycles. The quantitative estimate of drug-likeness (QED) is 0.633. The van der Waals surface area contributed by atoms with Gasteiger partial charge in [0.15, 0.2) is 5.96 Å². The molecule has 0 aromatic carbocycles. The van der Waals surface area contributed by atoms with Crippen molar-refractivity contribution in [2.45, 2.75) is 19.4 Å². The molecule has 130 valence electrons. The van der Waals surface area contributed by atoms with Gasteiger partial charge >= 0.3 is 0 Å². The maximum absolute atomic E-state index is 4.42. The van der Waals surface area contributed by atoms with E-state index in [1.807, 2.05) is 29.7 Å². The molecular weight excluding hydrogens is 336 g/mol. The van der Waals surface area contributed by atoms with Crippen LogP contribution in [0.15, 0.2) is 34.0 Å². The van der Waals surface area contributed by atoms with Crippen LogP contribution in [0.5, 0.6) is 0 Å². The molecule has 0 aliphatic carbocycles. The summed E-state index contributed by atoms with van der Waals surface area (Å²) < 4.78 is 0. The number of thiophene rings is 2. The van der Waals surface area contributed by atoms with Gasteiger partial charge in [0.05, 0.1) is 0 Å². The summed E-state index contributed by atoms with van der Waals surface area (Å²) in [4.78, 5) is 12.2. The van der Waals surface area contributed by atoms with Crippen LogP contribution < -0.4 is 5.32 Å². The zero-order chi connectivity index (χ0) is 16.8. The summed E-state index contributed by atoms with van der Waals surface area (Å²) in [6.45, 7) is 5.25. The SMILES string of the molecule is CN=C(NCCN1CCc2sccc2C1)N(C)CCc1cccs1. The lowest BCUT2D eigenvalue weighted by Crippen LogP contribution is -2.43. The Hall–Kier alpha value is -1.37. The van der Waals surface area contributed by atoms with Crippen LogP contribution in [0, 0.1) is 0 Å². The average Bonchev–Trinajstić information content (AvgIpc) is 3.27. The van der Waals surface area contributed by atoms with Gasteiger partial charge in [0.25, 0.3) is 0 Å². The molecule has 1 aliphatic rings. The van der Waals surface area contributed by atoms with Gasteiger partial charge < -0.3 is 10.2 Å². The van der Waals surface area contributed by atoms with Crippen molar-refractivity contribution < 1.29 is 0 Å². The summed E-state index contributed by atoms with van der Waals surface area (Å²) in [6.07, 6.45) is 2.27. The number of guanidine groups is 1. The second-order valence-electron chi connectivity index (χ2n) is 6.12. The summed E-state index contributed by atoms with van der Waals surface area (Å²) in [5, 5.41) is 7.86. The van der Waals surface area contributed by atoms with Crippen molar-refractivity contribution in [2.75, 3.05) is 40.3 Å². The number of rotatable bonds is 6. The van der Waals surface area contributed by atoms with Crippen LogP contribution in [0.1, 0.15) is 15.3 Å². The van der Waals surface area contributed by atoms with E-state index in [9.17, 15) is 0 Å². The second kappa shape index (κ2) is 8.65. The van der Waals surface area contributed by atoms with Gasteiger partial charge in [0.2, 0.25) is 0 Å². The molecule has 0 spiro atoms. The third-order valence-corrected chi connectivity index (χ3v) is 6.40. The number of fused-ring (bicyclic) bond motifs is 1. The highest BCUT2D eigenvalue weighted by atomic mass is 32.1. The van der Waals surface area contributed by atoms with Crippen molar-refractivity contribution >= 4 is 28.6 Å². The maximum atomic E-state index is 4.42. The van der Waals surface area contributed by atoms with Gasteiger partial charge in [-0.05, 0) is 41.3 Å². The Balaban J connectivity index is 1.39. The number of hydrogen-bond acceptors (Lipinski definition) is 4. The van der Waals surface area contributed by atoms with Gasteiger partial charge in [-0.3, -0.25) is 9.89 Å². The Morgan fingerprint density at radius 1 is 1.33 bits per heavy atom. The van der Waals surface area contributed by atoms with Crippen LogP contribution in [-0.4, -0.2) is 56.0 Å². The molecule has 0 bridgehead atoms. The Morgan fingerprint density at radius 3 is 3.04 bits per heavy atom. The molecule has 2 aromatic heterocycles. The molecule has 0 fully saturated rings. The Kier molecular flexibility index (Phi) is 6.29. The predicted octanol–water partition coefficient (Wildman–Crippen LogP) is 2.92. The summed E-state index contributed by atoms with van der Waals surface area (Å²) in [5.74, 6) is 0.986. The molecule has 0 amide bonds. The second-order valence-corrected chi connectivity index (χ2v) is 8.15. The first-order valence-corrected chi connectivity index (χ1v) is 10.2. The Morgan fingerprint density at radius 2 is 2.25 bits per heavy atom. The van der Waals surface area contributed by atoms with Crippen molar-refractivity contribution in [1.82, 2.24) is 15.1 Å². The average molecular weight is 363 g/mol. The Bertz CT molecular complexity index is 648. The molecular formula is C18H26N4S2. The largest absolute Gasteiger partial charge is 0.355 e. The highest BCUT2D eigenvalue weighted by Gasteiger charge is 2.16. The van der Waals surface area contributed by atoms with Gasteiger partial charge in [-0.2, -0.15) is 0 Å². The lowest BCUT2D eigenvalue weighted by atomic mass is 10.1. The van der Waals surface area contributed by atoms with E-state index < -0.39 is 0 Å². The van der Waals surface area contributed by atoms with Crippen LogP contribution in [0.25, 0.3) is 0 Å². The first kappa shape index (κ1) is 17.5. The zero-order valence-corrected chi connectivity index (χ0v) is 16.1. The van der Waals surface area contributed by atoms with Gasteiger partial charge in [-0.15, -0.1) is 22.7 Å². The third kappa shape index (κ3) is 4.59. The number of aliphatic imine (C=N–C) groups is 1. The topological polar surface area (TPSA) is 30.9 Å². The highest BCUT2D eigenvalue weighted by molar-refractivity contribution is 7.10. The van der Waals surface area contributed by atoms with E-state index in [1.54, 1.807) is 4.88 Å². The van der Waals surface area contributed by atoms with Crippen molar-refractivity contribution in [3.05, 3.63) is 44.3 Å². The van der Waals surface area contributed by atoms with E-state index in [4.69, 9.17) is 0 Å². The van der Waals surface area contributed by atoms with Crippen LogP contribution in [0.4, 0.5) is 0 Å². The number of hydrogen-bond donors (Lipinski definition) is 1.